The van der Waals surface area contributed by atoms with Crippen molar-refractivity contribution < 1.29 is 23.4 Å². The van der Waals surface area contributed by atoms with Crippen LogP contribution in [0.3, 0.4) is 0 Å². The van der Waals surface area contributed by atoms with Crippen LogP contribution in [0.2, 0.25) is 5.02 Å². The number of carbonyl (C=O) groups excluding carboxylic acids is 1. The van der Waals surface area contributed by atoms with Crippen molar-refractivity contribution in [3.05, 3.63) is 68.5 Å². The van der Waals surface area contributed by atoms with Gasteiger partial charge < -0.3 is 18.6 Å². The van der Waals surface area contributed by atoms with Crippen molar-refractivity contribution >= 4 is 28.5 Å². The van der Waals surface area contributed by atoms with Crippen LogP contribution < -0.4 is 15.1 Å². The van der Waals surface area contributed by atoms with Crippen LogP contribution >= 0.6 is 11.6 Å². The summed E-state index contributed by atoms with van der Waals surface area (Å²) in [6, 6.07) is 9.90. The molecule has 7 heteroatoms. The number of aryl methyl sites for hydroxylation is 1. The molecule has 6 nitrogen and oxygen atoms in total. The molecule has 28 heavy (non-hydrogen) atoms. The third-order valence-electron chi connectivity index (χ3n) is 4.29. The van der Waals surface area contributed by atoms with E-state index in [0.717, 1.165) is 11.1 Å². The Bertz CT molecular complexity index is 1090. The van der Waals surface area contributed by atoms with Crippen LogP contribution in [0, 0.1) is 6.92 Å². The minimum absolute atomic E-state index is 0.0552. The van der Waals surface area contributed by atoms with Gasteiger partial charge in [-0.05, 0) is 42.3 Å². The van der Waals surface area contributed by atoms with Gasteiger partial charge in [-0.25, -0.2) is 4.79 Å². The van der Waals surface area contributed by atoms with E-state index in [1.54, 1.807) is 37.4 Å². The predicted molar refractivity (Wildman–Crippen MR) is 105 cm³/mol. The van der Waals surface area contributed by atoms with E-state index >= 15 is 0 Å². The van der Waals surface area contributed by atoms with Crippen molar-refractivity contribution in [1.82, 2.24) is 0 Å². The van der Waals surface area contributed by atoms with E-state index in [2.05, 4.69) is 0 Å². The minimum Gasteiger partial charge on any atom is -0.493 e. The first-order valence-corrected chi connectivity index (χ1v) is 8.88. The molecule has 0 aliphatic carbocycles. The lowest BCUT2D eigenvalue weighted by atomic mass is 10.1. The second-order valence-electron chi connectivity index (χ2n) is 6.22. The van der Waals surface area contributed by atoms with E-state index in [9.17, 15) is 9.59 Å². The zero-order chi connectivity index (χ0) is 20.3. The molecule has 1 heterocycles. The fourth-order valence-corrected chi connectivity index (χ4v) is 3.00. The summed E-state index contributed by atoms with van der Waals surface area (Å²) < 4.78 is 21.0. The smallest absolute Gasteiger partial charge is 0.336 e. The van der Waals surface area contributed by atoms with Gasteiger partial charge in [0.05, 0.1) is 20.6 Å². The molecule has 0 N–H and O–H groups in total. The highest BCUT2D eigenvalue weighted by atomic mass is 35.5. The largest absolute Gasteiger partial charge is 0.493 e. The Morgan fingerprint density at radius 2 is 1.82 bits per heavy atom. The summed E-state index contributed by atoms with van der Waals surface area (Å²) in [6.07, 6.45) is 0.0552. The number of benzene rings is 2. The molecule has 0 fully saturated rings. The van der Waals surface area contributed by atoms with Gasteiger partial charge in [0.15, 0.2) is 11.5 Å². The third-order valence-corrected chi connectivity index (χ3v) is 4.70. The summed E-state index contributed by atoms with van der Waals surface area (Å²) in [5.41, 5.74) is 1.94. The van der Waals surface area contributed by atoms with Crippen LogP contribution in [-0.4, -0.2) is 20.2 Å². The van der Waals surface area contributed by atoms with Crippen LogP contribution in [0.1, 0.15) is 16.7 Å². The average Bonchev–Trinajstić information content (AvgIpc) is 2.67. The number of esters is 1. The quantitative estimate of drug-likeness (QED) is 0.457. The first-order valence-electron chi connectivity index (χ1n) is 8.50. The summed E-state index contributed by atoms with van der Waals surface area (Å²) >= 11 is 6.17. The first-order chi connectivity index (χ1) is 13.4. The summed E-state index contributed by atoms with van der Waals surface area (Å²) in [5.74, 6) is 0.672. The topological polar surface area (TPSA) is 75.0 Å². The zero-order valence-electron chi connectivity index (χ0n) is 15.7. The van der Waals surface area contributed by atoms with E-state index < -0.39 is 11.6 Å². The number of hydrogen-bond donors (Lipinski definition) is 0. The Labute approximate surface area is 166 Å². The predicted octanol–water partition coefficient (Wildman–Crippen LogP) is 4.06. The van der Waals surface area contributed by atoms with Gasteiger partial charge in [0.2, 0.25) is 0 Å². The van der Waals surface area contributed by atoms with Crippen LogP contribution in [0.5, 0.6) is 11.5 Å². The highest BCUT2D eigenvalue weighted by Gasteiger charge is 2.13. The van der Waals surface area contributed by atoms with Crippen LogP contribution in [-0.2, 0) is 22.6 Å². The molecule has 0 spiro atoms. The molecule has 2 aromatic carbocycles. The maximum Gasteiger partial charge on any atom is 0.336 e. The number of ether oxygens (including phenoxy) is 3. The molecule has 146 valence electrons. The van der Waals surface area contributed by atoms with Gasteiger partial charge in [-0.15, -0.1) is 0 Å². The molecule has 0 saturated heterocycles. The lowest BCUT2D eigenvalue weighted by Crippen LogP contribution is -2.10. The fraction of sp³-hybridized carbons (Fsp3) is 0.238. The van der Waals surface area contributed by atoms with Gasteiger partial charge in [-0.1, -0.05) is 17.7 Å². The lowest BCUT2D eigenvalue weighted by Gasteiger charge is -2.10. The summed E-state index contributed by atoms with van der Waals surface area (Å²) in [5, 5.41) is 1.17. The van der Waals surface area contributed by atoms with Gasteiger partial charge >= 0.3 is 11.6 Å². The van der Waals surface area contributed by atoms with Crippen molar-refractivity contribution in [2.45, 2.75) is 20.0 Å². The van der Waals surface area contributed by atoms with E-state index in [1.165, 1.54) is 13.2 Å². The Morgan fingerprint density at radius 1 is 1.07 bits per heavy atom. The molecule has 0 unspecified atom stereocenters. The standard InChI is InChI=1S/C21H19ClO6/c1-12-6-18-15(10-16(12)22)14(9-21(24)28-18)11-27-20(23)8-13-4-5-17(25-2)19(7-13)26-3/h4-7,9-10H,8,11H2,1-3H3. The van der Waals surface area contributed by atoms with Gasteiger partial charge in [-0.3, -0.25) is 4.79 Å². The molecule has 0 radical (unpaired) electrons. The minimum atomic E-state index is -0.514. The van der Waals surface area contributed by atoms with E-state index in [4.69, 9.17) is 30.2 Å². The first kappa shape index (κ1) is 19.8. The van der Waals surface area contributed by atoms with Crippen molar-refractivity contribution in [3.8, 4) is 11.5 Å². The number of methoxy groups -OCH3 is 2. The average molecular weight is 403 g/mol. The van der Waals surface area contributed by atoms with Gasteiger partial charge in [0.25, 0.3) is 0 Å². The van der Waals surface area contributed by atoms with Crippen LogP contribution in [0.25, 0.3) is 11.0 Å². The highest BCUT2D eigenvalue weighted by molar-refractivity contribution is 6.32. The van der Waals surface area contributed by atoms with Crippen molar-refractivity contribution in [3.63, 3.8) is 0 Å². The summed E-state index contributed by atoms with van der Waals surface area (Å²) in [6.45, 7) is 1.76. The maximum absolute atomic E-state index is 12.3. The molecule has 1 aromatic heterocycles. The number of rotatable bonds is 6. The number of carbonyl (C=O) groups is 1. The SMILES string of the molecule is COc1ccc(CC(=O)OCc2cc(=O)oc3cc(C)c(Cl)cc23)cc1OC. The van der Waals surface area contributed by atoms with E-state index in [-0.39, 0.29) is 13.0 Å². The molecule has 3 aromatic rings. The van der Waals surface area contributed by atoms with E-state index in [1.807, 2.05) is 6.92 Å². The second-order valence-corrected chi connectivity index (χ2v) is 6.62. The zero-order valence-corrected chi connectivity index (χ0v) is 16.5. The summed E-state index contributed by atoms with van der Waals surface area (Å²) in [7, 11) is 3.07. The monoisotopic (exact) mass is 402 g/mol. The molecular formula is C21H19ClO6. The number of fused-ring (bicyclic) bond motifs is 1. The van der Waals surface area contributed by atoms with Crippen LogP contribution in [0.15, 0.2) is 45.6 Å². The molecule has 0 bridgehead atoms. The van der Waals surface area contributed by atoms with Gasteiger partial charge in [-0.2, -0.15) is 0 Å². The Morgan fingerprint density at radius 3 is 2.54 bits per heavy atom. The number of hydrogen-bond acceptors (Lipinski definition) is 6. The molecule has 0 atom stereocenters. The molecule has 0 saturated carbocycles. The van der Waals surface area contributed by atoms with E-state index in [0.29, 0.717) is 33.1 Å². The normalized spacial score (nSPS) is 10.7. The van der Waals surface area contributed by atoms with Crippen molar-refractivity contribution in [2.24, 2.45) is 0 Å². The molecular weight excluding hydrogens is 384 g/mol. The molecule has 3 rings (SSSR count). The Kier molecular flexibility index (Phi) is 5.90. The molecule has 0 aliphatic heterocycles. The fourth-order valence-electron chi connectivity index (χ4n) is 2.83. The number of halogens is 1. The van der Waals surface area contributed by atoms with Gasteiger partial charge in [0, 0.05) is 22.0 Å². The van der Waals surface area contributed by atoms with Crippen molar-refractivity contribution in [1.29, 1.82) is 0 Å². The van der Waals surface area contributed by atoms with Gasteiger partial charge in [0.1, 0.15) is 12.2 Å². The lowest BCUT2D eigenvalue weighted by molar-refractivity contribution is -0.144. The van der Waals surface area contributed by atoms with Crippen LogP contribution in [0.4, 0.5) is 0 Å². The molecule has 0 amide bonds. The highest BCUT2D eigenvalue weighted by Crippen LogP contribution is 2.28. The Hall–Kier alpha value is -2.99. The Balaban J connectivity index is 1.76. The summed E-state index contributed by atoms with van der Waals surface area (Å²) in [4.78, 5) is 24.1. The maximum atomic E-state index is 12.3. The van der Waals surface area contributed by atoms with Crippen molar-refractivity contribution in [2.75, 3.05) is 14.2 Å². The third kappa shape index (κ3) is 4.28. The molecule has 0 aliphatic rings. The second kappa shape index (κ2) is 8.35.